The van der Waals surface area contributed by atoms with Gasteiger partial charge in [0.25, 0.3) is 0 Å². The van der Waals surface area contributed by atoms with Crippen LogP contribution in [-0.4, -0.2) is 16.9 Å². The maximum absolute atomic E-state index is 11.9. The molecule has 1 aromatic heterocycles. The smallest absolute Gasteiger partial charge is 0.241 e. The van der Waals surface area contributed by atoms with Gasteiger partial charge in [-0.1, -0.05) is 32.4 Å². The zero-order chi connectivity index (χ0) is 13.2. The molecule has 5 heteroatoms. The number of carbonyl (C=O) groups excluding carboxylic acids is 1. The molecule has 3 N–H and O–H groups in total. The second-order valence-corrected chi connectivity index (χ2v) is 5.49. The number of hydrogen-bond acceptors (Lipinski definition) is 3. The number of hydrogen-bond donors (Lipinski definition) is 2. The van der Waals surface area contributed by atoms with Crippen LogP contribution in [0.4, 0.5) is 5.69 Å². The molecule has 0 spiro atoms. The number of nitrogens with zero attached hydrogens (tertiary/aromatic N) is 1. The fourth-order valence-electron chi connectivity index (χ4n) is 1.27. The molecular weight excluding hydrogens is 238 g/mol. The fourth-order valence-corrected chi connectivity index (χ4v) is 1.46. The van der Waals surface area contributed by atoms with Gasteiger partial charge in [-0.05, 0) is 24.5 Å². The molecule has 0 bridgehead atoms. The highest BCUT2D eigenvalue weighted by Crippen LogP contribution is 2.20. The molecule has 0 aliphatic heterocycles. The van der Waals surface area contributed by atoms with Crippen molar-refractivity contribution in [1.29, 1.82) is 0 Å². The third kappa shape index (κ3) is 3.68. The maximum Gasteiger partial charge on any atom is 0.241 e. The lowest BCUT2D eigenvalue weighted by Crippen LogP contribution is -2.45. The standard InChI is InChI=1S/C12H18ClN3O/c1-7-8(5-6-9(13)15-7)16-11(17)10(14)12(2,3)4/h5-6,10H,14H2,1-4H3,(H,16,17). The predicted molar refractivity (Wildman–Crippen MR) is 70.0 cm³/mol. The van der Waals surface area contributed by atoms with Crippen molar-refractivity contribution in [3.63, 3.8) is 0 Å². The largest absolute Gasteiger partial charge is 0.323 e. The summed E-state index contributed by atoms with van der Waals surface area (Å²) in [4.78, 5) is 16.0. The van der Waals surface area contributed by atoms with E-state index in [1.54, 1.807) is 19.1 Å². The molecular formula is C12H18ClN3O. The first kappa shape index (κ1) is 13.9. The number of halogens is 1. The Balaban J connectivity index is 2.82. The normalized spacial score (nSPS) is 13.3. The van der Waals surface area contributed by atoms with Gasteiger partial charge in [0.1, 0.15) is 5.15 Å². The lowest BCUT2D eigenvalue weighted by atomic mass is 9.87. The molecule has 0 radical (unpaired) electrons. The van der Waals surface area contributed by atoms with E-state index in [1.807, 2.05) is 20.8 Å². The minimum Gasteiger partial charge on any atom is -0.323 e. The molecule has 1 amide bonds. The van der Waals surface area contributed by atoms with Crippen molar-refractivity contribution in [2.75, 3.05) is 5.32 Å². The van der Waals surface area contributed by atoms with Crippen LogP contribution in [0.3, 0.4) is 0 Å². The average molecular weight is 256 g/mol. The number of rotatable bonds is 2. The number of nitrogens with two attached hydrogens (primary N) is 1. The second kappa shape index (κ2) is 5.02. The second-order valence-electron chi connectivity index (χ2n) is 5.10. The van der Waals surface area contributed by atoms with Gasteiger partial charge in [0.2, 0.25) is 5.91 Å². The van der Waals surface area contributed by atoms with Crippen LogP contribution in [-0.2, 0) is 4.79 Å². The van der Waals surface area contributed by atoms with Crippen LogP contribution in [0, 0.1) is 12.3 Å². The van der Waals surface area contributed by atoms with Crippen molar-refractivity contribution >= 4 is 23.2 Å². The highest BCUT2D eigenvalue weighted by molar-refractivity contribution is 6.29. The van der Waals surface area contributed by atoms with Gasteiger partial charge >= 0.3 is 0 Å². The van der Waals surface area contributed by atoms with E-state index in [0.29, 0.717) is 16.5 Å². The number of amides is 1. The summed E-state index contributed by atoms with van der Waals surface area (Å²) in [6.45, 7) is 7.54. The number of pyridine rings is 1. The Morgan fingerprint density at radius 3 is 2.53 bits per heavy atom. The molecule has 1 atom stereocenters. The van der Waals surface area contributed by atoms with Crippen LogP contribution < -0.4 is 11.1 Å². The average Bonchev–Trinajstić information content (AvgIpc) is 2.19. The molecule has 0 aliphatic carbocycles. The number of aromatic nitrogens is 1. The van der Waals surface area contributed by atoms with Gasteiger partial charge in [0, 0.05) is 0 Å². The van der Waals surface area contributed by atoms with Crippen molar-refractivity contribution in [3.05, 3.63) is 23.0 Å². The van der Waals surface area contributed by atoms with Crippen molar-refractivity contribution in [1.82, 2.24) is 4.98 Å². The summed E-state index contributed by atoms with van der Waals surface area (Å²) in [7, 11) is 0. The molecule has 17 heavy (non-hydrogen) atoms. The summed E-state index contributed by atoms with van der Waals surface area (Å²) in [5.41, 5.74) is 6.89. The van der Waals surface area contributed by atoms with Crippen molar-refractivity contribution < 1.29 is 4.79 Å². The molecule has 4 nitrogen and oxygen atoms in total. The predicted octanol–water partition coefficient (Wildman–Crippen LogP) is 2.36. The summed E-state index contributed by atoms with van der Waals surface area (Å²) in [5.74, 6) is -0.218. The summed E-state index contributed by atoms with van der Waals surface area (Å²) >= 11 is 5.74. The molecule has 1 unspecified atom stereocenters. The Kier molecular flexibility index (Phi) is 4.11. The van der Waals surface area contributed by atoms with E-state index in [0.717, 1.165) is 0 Å². The van der Waals surface area contributed by atoms with Crippen LogP contribution in [0.25, 0.3) is 0 Å². The van der Waals surface area contributed by atoms with Gasteiger partial charge in [0.05, 0.1) is 17.4 Å². The zero-order valence-corrected chi connectivity index (χ0v) is 11.3. The maximum atomic E-state index is 11.9. The first-order chi connectivity index (χ1) is 7.71. The number of aryl methyl sites for hydroxylation is 1. The Bertz CT molecular complexity index is 426. The highest BCUT2D eigenvalue weighted by atomic mass is 35.5. The molecule has 0 aromatic carbocycles. The molecule has 1 heterocycles. The van der Waals surface area contributed by atoms with Gasteiger partial charge in [-0.25, -0.2) is 4.98 Å². The number of nitrogens with one attached hydrogen (secondary N) is 1. The monoisotopic (exact) mass is 255 g/mol. The topological polar surface area (TPSA) is 68.0 Å². The van der Waals surface area contributed by atoms with Crippen LogP contribution in [0.15, 0.2) is 12.1 Å². The Morgan fingerprint density at radius 2 is 2.06 bits per heavy atom. The third-order valence-corrected chi connectivity index (χ3v) is 2.74. The molecule has 0 saturated carbocycles. The lowest BCUT2D eigenvalue weighted by Gasteiger charge is -2.26. The van der Waals surface area contributed by atoms with E-state index in [1.165, 1.54) is 0 Å². The van der Waals surface area contributed by atoms with E-state index in [9.17, 15) is 4.79 Å². The van der Waals surface area contributed by atoms with E-state index < -0.39 is 6.04 Å². The fraction of sp³-hybridized carbons (Fsp3) is 0.500. The van der Waals surface area contributed by atoms with Crippen LogP contribution >= 0.6 is 11.6 Å². The van der Waals surface area contributed by atoms with Crippen LogP contribution in [0.5, 0.6) is 0 Å². The zero-order valence-electron chi connectivity index (χ0n) is 10.5. The van der Waals surface area contributed by atoms with Gasteiger partial charge < -0.3 is 11.1 Å². The minimum absolute atomic E-state index is 0.218. The molecule has 1 aromatic rings. The number of carbonyl (C=O) groups is 1. The van der Waals surface area contributed by atoms with E-state index in [2.05, 4.69) is 10.3 Å². The molecule has 0 saturated heterocycles. The van der Waals surface area contributed by atoms with Gasteiger partial charge in [-0.2, -0.15) is 0 Å². The van der Waals surface area contributed by atoms with Gasteiger partial charge in [0.15, 0.2) is 0 Å². The summed E-state index contributed by atoms with van der Waals surface area (Å²) < 4.78 is 0. The molecule has 94 valence electrons. The van der Waals surface area contributed by atoms with Crippen molar-refractivity contribution in [3.8, 4) is 0 Å². The van der Waals surface area contributed by atoms with Crippen LogP contribution in [0.1, 0.15) is 26.5 Å². The Labute approximate surface area is 107 Å². The summed E-state index contributed by atoms with van der Waals surface area (Å²) in [6.07, 6.45) is 0. The van der Waals surface area contributed by atoms with Crippen molar-refractivity contribution in [2.24, 2.45) is 11.1 Å². The molecule has 1 rings (SSSR count). The Hall–Kier alpha value is -1.13. The quantitative estimate of drug-likeness (QED) is 0.797. The Morgan fingerprint density at radius 1 is 1.47 bits per heavy atom. The van der Waals surface area contributed by atoms with Crippen molar-refractivity contribution in [2.45, 2.75) is 33.7 Å². The third-order valence-electron chi connectivity index (χ3n) is 2.53. The first-order valence-corrected chi connectivity index (χ1v) is 5.79. The van der Waals surface area contributed by atoms with E-state index in [-0.39, 0.29) is 11.3 Å². The SMILES string of the molecule is Cc1nc(Cl)ccc1NC(=O)C(N)C(C)(C)C. The summed E-state index contributed by atoms with van der Waals surface area (Å²) in [5, 5.41) is 3.16. The van der Waals surface area contributed by atoms with E-state index >= 15 is 0 Å². The first-order valence-electron chi connectivity index (χ1n) is 5.41. The molecule has 0 aliphatic rings. The highest BCUT2D eigenvalue weighted by Gasteiger charge is 2.27. The van der Waals surface area contributed by atoms with Crippen LogP contribution in [0.2, 0.25) is 5.15 Å². The van der Waals surface area contributed by atoms with Gasteiger partial charge in [-0.15, -0.1) is 0 Å². The lowest BCUT2D eigenvalue weighted by molar-refractivity contribution is -0.119. The number of anilines is 1. The molecule has 0 fully saturated rings. The summed E-state index contributed by atoms with van der Waals surface area (Å²) in [6, 6.07) is 2.78. The minimum atomic E-state index is -0.572. The van der Waals surface area contributed by atoms with Gasteiger partial charge in [-0.3, -0.25) is 4.79 Å². The van der Waals surface area contributed by atoms with E-state index in [4.69, 9.17) is 17.3 Å².